The Bertz CT molecular complexity index is 329. The van der Waals surface area contributed by atoms with Crippen molar-refractivity contribution in [1.29, 1.82) is 0 Å². The van der Waals surface area contributed by atoms with E-state index in [2.05, 4.69) is 5.32 Å². The average Bonchev–Trinajstić information content (AvgIpc) is 2.28. The van der Waals surface area contributed by atoms with Crippen molar-refractivity contribution < 1.29 is 15.0 Å². The topological polar surface area (TPSA) is 95.6 Å². The molecule has 5 N–H and O–H groups in total. The minimum atomic E-state index is -1.16. The highest BCUT2D eigenvalue weighted by atomic mass is 16.4. The van der Waals surface area contributed by atoms with Gasteiger partial charge in [0.2, 0.25) is 0 Å². The van der Waals surface area contributed by atoms with Crippen LogP contribution >= 0.6 is 0 Å². The van der Waals surface area contributed by atoms with Crippen LogP contribution in [-0.2, 0) is 6.42 Å². The van der Waals surface area contributed by atoms with Crippen LogP contribution in [0.15, 0.2) is 30.3 Å². The third-order valence-corrected chi connectivity index (χ3v) is 2.31. The highest BCUT2D eigenvalue weighted by molar-refractivity contribution is 5.65. The monoisotopic (exact) mass is 224 g/mol. The van der Waals surface area contributed by atoms with Crippen LogP contribution in [0.2, 0.25) is 0 Å². The molecule has 0 aliphatic carbocycles. The first-order valence-electron chi connectivity index (χ1n) is 5.05. The zero-order valence-electron chi connectivity index (χ0n) is 8.84. The largest absolute Gasteiger partial charge is 0.465 e. The number of nitrogens with one attached hydrogen (secondary N) is 1. The van der Waals surface area contributed by atoms with Gasteiger partial charge < -0.3 is 21.3 Å². The van der Waals surface area contributed by atoms with E-state index in [1.807, 2.05) is 30.3 Å². The SMILES string of the molecule is NC[C@@H](O)C(Cc1ccccc1)NC(=O)O. The van der Waals surface area contributed by atoms with Gasteiger partial charge in [-0.05, 0) is 12.0 Å². The molecule has 1 amide bonds. The average molecular weight is 224 g/mol. The van der Waals surface area contributed by atoms with E-state index in [1.54, 1.807) is 0 Å². The summed E-state index contributed by atoms with van der Waals surface area (Å²) in [5, 5.41) is 20.5. The van der Waals surface area contributed by atoms with E-state index in [1.165, 1.54) is 0 Å². The molecule has 0 spiro atoms. The number of aliphatic hydroxyl groups excluding tert-OH is 1. The molecule has 0 aliphatic heterocycles. The lowest BCUT2D eigenvalue weighted by atomic mass is 10.0. The molecule has 0 radical (unpaired) electrons. The Balaban J connectivity index is 2.67. The molecule has 0 aromatic heterocycles. The van der Waals surface area contributed by atoms with Gasteiger partial charge in [0.1, 0.15) is 0 Å². The Morgan fingerprint density at radius 1 is 1.38 bits per heavy atom. The standard InChI is InChI=1S/C11H16N2O3/c12-7-10(14)9(13-11(15)16)6-8-4-2-1-3-5-8/h1-5,9-10,13-14H,6-7,12H2,(H,15,16)/t9?,10-/m1/s1. The van der Waals surface area contributed by atoms with Crippen molar-refractivity contribution in [3.05, 3.63) is 35.9 Å². The summed E-state index contributed by atoms with van der Waals surface area (Å²) in [5.41, 5.74) is 6.27. The van der Waals surface area contributed by atoms with Crippen molar-refractivity contribution in [3.8, 4) is 0 Å². The normalized spacial score (nSPS) is 14.1. The fourth-order valence-electron chi connectivity index (χ4n) is 1.47. The third-order valence-electron chi connectivity index (χ3n) is 2.31. The number of benzene rings is 1. The predicted molar refractivity (Wildman–Crippen MR) is 60.2 cm³/mol. The molecule has 0 saturated heterocycles. The molecular formula is C11H16N2O3. The quantitative estimate of drug-likeness (QED) is 0.574. The number of aliphatic hydroxyl groups is 1. The van der Waals surface area contributed by atoms with E-state index in [0.717, 1.165) is 5.56 Å². The predicted octanol–water partition coefficient (Wildman–Crippen LogP) is 0.185. The molecule has 0 saturated carbocycles. The minimum Gasteiger partial charge on any atom is -0.465 e. The maximum Gasteiger partial charge on any atom is 0.404 e. The summed E-state index contributed by atoms with van der Waals surface area (Å²) >= 11 is 0. The number of nitrogens with two attached hydrogens (primary N) is 1. The number of hydrogen-bond acceptors (Lipinski definition) is 3. The molecule has 2 atom stereocenters. The van der Waals surface area contributed by atoms with Gasteiger partial charge in [0.05, 0.1) is 12.1 Å². The molecule has 1 aromatic carbocycles. The number of amides is 1. The summed E-state index contributed by atoms with van der Waals surface area (Å²) < 4.78 is 0. The van der Waals surface area contributed by atoms with Crippen molar-refractivity contribution in [2.24, 2.45) is 5.73 Å². The van der Waals surface area contributed by atoms with Crippen LogP contribution in [0.4, 0.5) is 4.79 Å². The maximum atomic E-state index is 10.6. The Kier molecular flexibility index (Phi) is 4.75. The summed E-state index contributed by atoms with van der Waals surface area (Å²) in [5.74, 6) is 0. The molecule has 5 heteroatoms. The van der Waals surface area contributed by atoms with Crippen molar-refractivity contribution >= 4 is 6.09 Å². The molecular weight excluding hydrogens is 208 g/mol. The van der Waals surface area contributed by atoms with Gasteiger partial charge in [-0.3, -0.25) is 0 Å². The highest BCUT2D eigenvalue weighted by Crippen LogP contribution is 2.05. The van der Waals surface area contributed by atoms with E-state index in [-0.39, 0.29) is 6.54 Å². The molecule has 1 aromatic rings. The summed E-state index contributed by atoms with van der Waals surface area (Å²) in [6.07, 6.45) is -1.62. The van der Waals surface area contributed by atoms with Crippen LogP contribution in [0, 0.1) is 0 Å². The molecule has 0 fully saturated rings. The lowest BCUT2D eigenvalue weighted by molar-refractivity contribution is 0.125. The highest BCUT2D eigenvalue weighted by Gasteiger charge is 2.19. The van der Waals surface area contributed by atoms with E-state index in [9.17, 15) is 9.90 Å². The third kappa shape index (κ3) is 3.88. The lowest BCUT2D eigenvalue weighted by Crippen LogP contribution is -2.47. The molecule has 0 heterocycles. The zero-order chi connectivity index (χ0) is 12.0. The number of hydrogen-bond donors (Lipinski definition) is 4. The zero-order valence-corrected chi connectivity index (χ0v) is 8.84. The second kappa shape index (κ2) is 6.09. The van der Waals surface area contributed by atoms with Gasteiger partial charge in [-0.1, -0.05) is 30.3 Å². The summed E-state index contributed by atoms with van der Waals surface area (Å²) in [6.45, 7) is 0.0256. The first-order chi connectivity index (χ1) is 7.63. The number of carboxylic acid groups (broad SMARTS) is 1. The van der Waals surface area contributed by atoms with Crippen LogP contribution in [0.25, 0.3) is 0 Å². The molecule has 0 aliphatic rings. The number of rotatable bonds is 5. The van der Waals surface area contributed by atoms with Crippen molar-refractivity contribution in [3.63, 3.8) is 0 Å². The fraction of sp³-hybridized carbons (Fsp3) is 0.364. The second-order valence-corrected chi connectivity index (χ2v) is 3.55. The van der Waals surface area contributed by atoms with Crippen LogP contribution in [0.5, 0.6) is 0 Å². The Labute approximate surface area is 93.9 Å². The van der Waals surface area contributed by atoms with Gasteiger partial charge in [-0.15, -0.1) is 0 Å². The van der Waals surface area contributed by atoms with Crippen LogP contribution < -0.4 is 11.1 Å². The van der Waals surface area contributed by atoms with Gasteiger partial charge in [-0.2, -0.15) is 0 Å². The Hall–Kier alpha value is -1.59. The molecule has 1 rings (SSSR count). The molecule has 0 bridgehead atoms. The second-order valence-electron chi connectivity index (χ2n) is 3.55. The lowest BCUT2D eigenvalue weighted by Gasteiger charge is -2.21. The van der Waals surface area contributed by atoms with Crippen molar-refractivity contribution in [1.82, 2.24) is 5.32 Å². The Morgan fingerprint density at radius 2 is 2.00 bits per heavy atom. The molecule has 5 nitrogen and oxygen atoms in total. The minimum absolute atomic E-state index is 0.0256. The summed E-state index contributed by atoms with van der Waals surface area (Å²) in [7, 11) is 0. The van der Waals surface area contributed by atoms with Gasteiger partial charge in [0.25, 0.3) is 0 Å². The fourth-order valence-corrected chi connectivity index (χ4v) is 1.47. The first kappa shape index (κ1) is 12.5. The summed E-state index contributed by atoms with van der Waals surface area (Å²) in [6, 6.07) is 8.77. The van der Waals surface area contributed by atoms with Gasteiger partial charge in [-0.25, -0.2) is 4.79 Å². The van der Waals surface area contributed by atoms with E-state index in [4.69, 9.17) is 10.8 Å². The summed E-state index contributed by atoms with van der Waals surface area (Å²) in [4.78, 5) is 10.6. The maximum absolute atomic E-state index is 10.6. The van der Waals surface area contributed by atoms with E-state index < -0.39 is 18.2 Å². The van der Waals surface area contributed by atoms with Gasteiger partial charge in [0, 0.05) is 6.54 Å². The molecule has 16 heavy (non-hydrogen) atoms. The first-order valence-corrected chi connectivity index (χ1v) is 5.05. The number of carbonyl (C=O) groups is 1. The van der Waals surface area contributed by atoms with Crippen molar-refractivity contribution in [2.75, 3.05) is 6.54 Å². The van der Waals surface area contributed by atoms with Gasteiger partial charge >= 0.3 is 6.09 Å². The molecule has 88 valence electrons. The van der Waals surface area contributed by atoms with E-state index in [0.29, 0.717) is 6.42 Å². The van der Waals surface area contributed by atoms with Crippen LogP contribution in [-0.4, -0.2) is 35.0 Å². The van der Waals surface area contributed by atoms with E-state index >= 15 is 0 Å². The van der Waals surface area contributed by atoms with Gasteiger partial charge in [0.15, 0.2) is 0 Å². The smallest absolute Gasteiger partial charge is 0.404 e. The van der Waals surface area contributed by atoms with Crippen LogP contribution in [0.1, 0.15) is 5.56 Å². The van der Waals surface area contributed by atoms with Crippen molar-refractivity contribution in [2.45, 2.75) is 18.6 Å². The molecule has 1 unspecified atom stereocenters. The van der Waals surface area contributed by atoms with Crippen LogP contribution in [0.3, 0.4) is 0 Å². The Morgan fingerprint density at radius 3 is 2.50 bits per heavy atom.